The molecule has 1 saturated carbocycles. The van der Waals surface area contributed by atoms with Crippen molar-refractivity contribution >= 4 is 11.5 Å². The van der Waals surface area contributed by atoms with Crippen LogP contribution in [0.2, 0.25) is 0 Å². The Balaban J connectivity index is 1.76. The van der Waals surface area contributed by atoms with Gasteiger partial charge < -0.3 is 5.32 Å². The van der Waals surface area contributed by atoms with Crippen LogP contribution in [0.4, 0.5) is 0 Å². The highest BCUT2D eigenvalue weighted by molar-refractivity contribution is 5.98. The van der Waals surface area contributed by atoms with Gasteiger partial charge in [-0.15, -0.1) is 0 Å². The lowest BCUT2D eigenvalue weighted by atomic mass is 9.69. The Morgan fingerprint density at radius 1 is 1.12 bits per heavy atom. The molecule has 1 aromatic carbocycles. The number of nitrogens with one attached hydrogen (secondary N) is 1. The fraction of sp³-hybridized carbons (Fsp3) is 0.609. The standard InChI is InChI=1S/C23H33NO/c1-22(2,3)18-12-10-16(11-13-18)21(25)14-20-19-9-7-6-8-17(19)15-23(4,5)24-20/h6-9,14,16,18,24H,10-13,15H2,1-5H3/t16-,18-. The molecule has 1 aliphatic heterocycles. The van der Waals surface area contributed by atoms with Crippen LogP contribution in [0.1, 0.15) is 71.4 Å². The Morgan fingerprint density at radius 3 is 2.40 bits per heavy atom. The van der Waals surface area contributed by atoms with Crippen LogP contribution >= 0.6 is 0 Å². The molecule has 1 heterocycles. The van der Waals surface area contributed by atoms with Gasteiger partial charge in [0, 0.05) is 28.8 Å². The summed E-state index contributed by atoms with van der Waals surface area (Å²) in [6.07, 6.45) is 7.32. The third-order valence-electron chi connectivity index (χ3n) is 6.05. The lowest BCUT2D eigenvalue weighted by molar-refractivity contribution is -0.119. The first-order chi connectivity index (χ1) is 11.7. The number of allylic oxidation sites excluding steroid dienone is 1. The third-order valence-corrected chi connectivity index (χ3v) is 6.05. The molecule has 0 atom stereocenters. The molecule has 0 saturated heterocycles. The van der Waals surface area contributed by atoms with E-state index in [0.717, 1.165) is 30.9 Å². The van der Waals surface area contributed by atoms with Crippen molar-refractivity contribution in [3.05, 3.63) is 41.5 Å². The van der Waals surface area contributed by atoms with Crippen LogP contribution in [-0.4, -0.2) is 11.3 Å². The zero-order valence-corrected chi connectivity index (χ0v) is 16.5. The van der Waals surface area contributed by atoms with Gasteiger partial charge in [0.1, 0.15) is 0 Å². The van der Waals surface area contributed by atoms with Gasteiger partial charge in [0.2, 0.25) is 0 Å². The lowest BCUT2D eigenvalue weighted by Crippen LogP contribution is -2.44. The maximum atomic E-state index is 12.9. The number of carbonyl (C=O) groups excluding carboxylic acids is 1. The maximum Gasteiger partial charge on any atom is 0.160 e. The highest BCUT2D eigenvalue weighted by Crippen LogP contribution is 2.40. The summed E-state index contributed by atoms with van der Waals surface area (Å²) < 4.78 is 0. The molecule has 0 spiro atoms. The van der Waals surface area contributed by atoms with Gasteiger partial charge >= 0.3 is 0 Å². The molecule has 0 unspecified atom stereocenters. The van der Waals surface area contributed by atoms with E-state index in [-0.39, 0.29) is 11.5 Å². The first-order valence-corrected chi connectivity index (χ1v) is 9.78. The van der Waals surface area contributed by atoms with Crippen LogP contribution < -0.4 is 5.32 Å². The van der Waals surface area contributed by atoms with Gasteiger partial charge in [-0.1, -0.05) is 45.0 Å². The highest BCUT2D eigenvalue weighted by atomic mass is 16.1. The summed E-state index contributed by atoms with van der Waals surface area (Å²) in [5.74, 6) is 1.25. The fourth-order valence-electron chi connectivity index (χ4n) is 4.51. The number of hydrogen-bond acceptors (Lipinski definition) is 2. The van der Waals surface area contributed by atoms with Gasteiger partial charge in [-0.25, -0.2) is 0 Å². The monoisotopic (exact) mass is 339 g/mol. The zero-order chi connectivity index (χ0) is 18.2. The van der Waals surface area contributed by atoms with E-state index < -0.39 is 0 Å². The number of ketones is 1. The SMILES string of the molecule is CC1(C)Cc2ccccc2C(=CC(=O)[C@H]2CC[C@H](C(C)(C)C)CC2)N1. The van der Waals surface area contributed by atoms with Gasteiger partial charge in [-0.2, -0.15) is 0 Å². The molecular formula is C23H33NO. The van der Waals surface area contributed by atoms with Crippen molar-refractivity contribution in [2.75, 3.05) is 0 Å². The smallest absolute Gasteiger partial charge is 0.160 e. The molecule has 3 rings (SSSR count). The van der Waals surface area contributed by atoms with Crippen molar-refractivity contribution < 1.29 is 4.79 Å². The summed E-state index contributed by atoms with van der Waals surface area (Å²) in [6.45, 7) is 11.4. The Kier molecular flexibility index (Phi) is 4.83. The number of hydrogen-bond donors (Lipinski definition) is 1. The summed E-state index contributed by atoms with van der Waals surface area (Å²) in [5, 5.41) is 3.59. The van der Waals surface area contributed by atoms with E-state index in [1.807, 2.05) is 6.08 Å². The van der Waals surface area contributed by atoms with Crippen molar-refractivity contribution in [2.24, 2.45) is 17.3 Å². The van der Waals surface area contributed by atoms with Crippen LogP contribution in [0.25, 0.3) is 5.70 Å². The van der Waals surface area contributed by atoms with E-state index >= 15 is 0 Å². The molecule has 0 bridgehead atoms. The van der Waals surface area contributed by atoms with E-state index in [1.165, 1.54) is 24.0 Å². The lowest BCUT2D eigenvalue weighted by Gasteiger charge is -2.37. The van der Waals surface area contributed by atoms with Crippen molar-refractivity contribution in [1.29, 1.82) is 0 Å². The van der Waals surface area contributed by atoms with Gasteiger partial charge in [-0.05, 0) is 62.8 Å². The van der Waals surface area contributed by atoms with Crippen molar-refractivity contribution in [1.82, 2.24) is 5.32 Å². The van der Waals surface area contributed by atoms with Gasteiger partial charge in [0.15, 0.2) is 5.78 Å². The van der Waals surface area contributed by atoms with Gasteiger partial charge in [0.05, 0.1) is 0 Å². The summed E-state index contributed by atoms with van der Waals surface area (Å²) >= 11 is 0. The van der Waals surface area contributed by atoms with Crippen molar-refractivity contribution in [3.63, 3.8) is 0 Å². The molecule has 1 fully saturated rings. The molecule has 2 nitrogen and oxygen atoms in total. The van der Waals surface area contributed by atoms with E-state index in [4.69, 9.17) is 0 Å². The largest absolute Gasteiger partial charge is 0.379 e. The summed E-state index contributed by atoms with van der Waals surface area (Å²) in [7, 11) is 0. The molecule has 1 aliphatic carbocycles. The molecule has 0 aromatic heterocycles. The van der Waals surface area contributed by atoms with Crippen LogP contribution in [0.15, 0.2) is 30.3 Å². The Bertz CT molecular complexity index is 670. The molecule has 0 radical (unpaired) electrons. The Morgan fingerprint density at radius 2 is 1.76 bits per heavy atom. The fourth-order valence-corrected chi connectivity index (χ4v) is 4.51. The van der Waals surface area contributed by atoms with Gasteiger partial charge in [-0.3, -0.25) is 4.79 Å². The molecule has 1 aromatic rings. The molecule has 2 aliphatic rings. The topological polar surface area (TPSA) is 29.1 Å². The zero-order valence-electron chi connectivity index (χ0n) is 16.5. The predicted molar refractivity (Wildman–Crippen MR) is 105 cm³/mol. The van der Waals surface area contributed by atoms with Crippen LogP contribution in [0.3, 0.4) is 0 Å². The number of rotatable bonds is 2. The van der Waals surface area contributed by atoms with Crippen LogP contribution in [0.5, 0.6) is 0 Å². The Labute approximate surface area is 153 Å². The highest BCUT2D eigenvalue weighted by Gasteiger charge is 2.33. The number of carbonyl (C=O) groups is 1. The first kappa shape index (κ1) is 18.2. The van der Waals surface area contributed by atoms with E-state index in [2.05, 4.69) is 64.2 Å². The van der Waals surface area contributed by atoms with Crippen LogP contribution in [0, 0.1) is 17.3 Å². The maximum absolute atomic E-state index is 12.9. The third kappa shape index (κ3) is 4.16. The second-order valence-corrected chi connectivity index (χ2v) is 9.72. The van der Waals surface area contributed by atoms with E-state index in [1.54, 1.807) is 0 Å². The summed E-state index contributed by atoms with van der Waals surface area (Å²) in [4.78, 5) is 12.9. The Hall–Kier alpha value is -1.57. The van der Waals surface area contributed by atoms with Crippen molar-refractivity contribution in [2.45, 2.75) is 72.3 Å². The molecule has 1 N–H and O–H groups in total. The molecule has 0 amide bonds. The quantitative estimate of drug-likeness (QED) is 0.734. The van der Waals surface area contributed by atoms with Crippen LogP contribution in [-0.2, 0) is 11.2 Å². The second kappa shape index (κ2) is 6.63. The minimum atomic E-state index is -0.00956. The minimum absolute atomic E-state index is 0.00956. The summed E-state index contributed by atoms with van der Waals surface area (Å²) in [5.41, 5.74) is 3.89. The number of benzene rings is 1. The first-order valence-electron chi connectivity index (χ1n) is 9.78. The molecular weight excluding hydrogens is 306 g/mol. The number of fused-ring (bicyclic) bond motifs is 1. The molecule has 2 heteroatoms. The molecule has 25 heavy (non-hydrogen) atoms. The van der Waals surface area contributed by atoms with Gasteiger partial charge in [0.25, 0.3) is 0 Å². The average molecular weight is 340 g/mol. The summed E-state index contributed by atoms with van der Waals surface area (Å²) in [6, 6.07) is 8.47. The van der Waals surface area contributed by atoms with E-state index in [9.17, 15) is 4.79 Å². The normalized spacial score (nSPS) is 27.5. The van der Waals surface area contributed by atoms with Crippen molar-refractivity contribution in [3.8, 4) is 0 Å². The van der Waals surface area contributed by atoms with E-state index in [0.29, 0.717) is 11.2 Å². The minimum Gasteiger partial charge on any atom is -0.379 e. The average Bonchev–Trinajstić information content (AvgIpc) is 2.53. The molecule has 136 valence electrons. The predicted octanol–water partition coefficient (Wildman–Crippen LogP) is 5.37. The second-order valence-electron chi connectivity index (χ2n) is 9.72.